The Morgan fingerprint density at radius 3 is 2.88 bits per heavy atom. The predicted molar refractivity (Wildman–Crippen MR) is 68.9 cm³/mol. The Morgan fingerprint density at radius 2 is 2.12 bits per heavy atom. The van der Waals surface area contributed by atoms with Crippen molar-refractivity contribution in [3.63, 3.8) is 0 Å². The Hall–Kier alpha value is -1.88. The molecule has 4 nitrogen and oxygen atoms in total. The van der Waals surface area contributed by atoms with Gasteiger partial charge in [-0.05, 0) is 5.56 Å². The van der Waals surface area contributed by atoms with Crippen LogP contribution >= 0.6 is 11.8 Å². The number of benzene rings is 1. The highest BCUT2D eigenvalue weighted by Crippen LogP contribution is 2.10. The van der Waals surface area contributed by atoms with Gasteiger partial charge in [-0.3, -0.25) is 9.78 Å². The van der Waals surface area contributed by atoms with Crippen LogP contribution in [0.25, 0.3) is 6.08 Å². The fraction of sp³-hybridized carbons (Fsp3) is 0.0833. The zero-order chi connectivity index (χ0) is 11.9. The van der Waals surface area contributed by atoms with E-state index in [2.05, 4.69) is 15.2 Å². The highest BCUT2D eigenvalue weighted by molar-refractivity contribution is 7.99. The highest BCUT2D eigenvalue weighted by atomic mass is 32.2. The Morgan fingerprint density at radius 1 is 1.29 bits per heavy atom. The van der Waals surface area contributed by atoms with Crippen molar-refractivity contribution in [3.05, 3.63) is 58.5 Å². The fourth-order valence-corrected chi connectivity index (χ4v) is 1.86. The van der Waals surface area contributed by atoms with Crippen LogP contribution in [0.1, 0.15) is 5.56 Å². The number of nitrogens with one attached hydrogen (secondary N) is 1. The quantitative estimate of drug-likeness (QED) is 0.837. The van der Waals surface area contributed by atoms with Gasteiger partial charge in [-0.2, -0.15) is 5.10 Å². The Kier molecular flexibility index (Phi) is 4.10. The maximum absolute atomic E-state index is 11.0. The number of hydrogen-bond donors (Lipinski definition) is 1. The minimum atomic E-state index is -0.227. The molecule has 2 aromatic rings. The molecule has 0 unspecified atom stereocenters. The third-order valence-electron chi connectivity index (χ3n) is 1.98. The van der Waals surface area contributed by atoms with Crippen LogP contribution < -0.4 is 5.56 Å². The number of hydrogen-bond acceptors (Lipinski definition) is 4. The van der Waals surface area contributed by atoms with E-state index in [9.17, 15) is 4.79 Å². The van der Waals surface area contributed by atoms with E-state index in [4.69, 9.17) is 0 Å². The van der Waals surface area contributed by atoms with Gasteiger partial charge in [0.05, 0.1) is 0 Å². The van der Waals surface area contributed by atoms with Gasteiger partial charge < -0.3 is 0 Å². The molecule has 1 aromatic carbocycles. The van der Waals surface area contributed by atoms with Crippen molar-refractivity contribution in [2.45, 2.75) is 5.16 Å². The van der Waals surface area contributed by atoms with Gasteiger partial charge >= 0.3 is 0 Å². The first-order chi connectivity index (χ1) is 8.34. The van der Waals surface area contributed by atoms with Crippen LogP contribution in [0, 0.1) is 0 Å². The van der Waals surface area contributed by atoms with Crippen molar-refractivity contribution in [1.82, 2.24) is 15.2 Å². The van der Waals surface area contributed by atoms with Crippen LogP contribution in [0.3, 0.4) is 0 Å². The predicted octanol–water partition coefficient (Wildman–Crippen LogP) is 1.97. The van der Waals surface area contributed by atoms with Crippen molar-refractivity contribution >= 4 is 17.8 Å². The van der Waals surface area contributed by atoms with Gasteiger partial charge in [-0.25, -0.2) is 0 Å². The second-order valence-corrected chi connectivity index (χ2v) is 4.27. The van der Waals surface area contributed by atoms with Crippen LogP contribution in [0.2, 0.25) is 0 Å². The first-order valence-electron chi connectivity index (χ1n) is 5.11. The second kappa shape index (κ2) is 6.00. The first-order valence-corrected chi connectivity index (χ1v) is 6.09. The molecule has 86 valence electrons. The number of aromatic amines is 1. The Labute approximate surface area is 103 Å². The molecule has 17 heavy (non-hydrogen) atoms. The van der Waals surface area contributed by atoms with Crippen molar-refractivity contribution < 1.29 is 0 Å². The first kappa shape index (κ1) is 11.6. The van der Waals surface area contributed by atoms with Crippen molar-refractivity contribution in [2.75, 3.05) is 5.75 Å². The maximum atomic E-state index is 11.0. The summed E-state index contributed by atoms with van der Waals surface area (Å²) in [5.74, 6) is 0.740. The molecule has 0 aliphatic carbocycles. The molecular weight excluding hydrogens is 234 g/mol. The van der Waals surface area contributed by atoms with Crippen molar-refractivity contribution in [2.24, 2.45) is 0 Å². The molecule has 0 aliphatic rings. The van der Waals surface area contributed by atoms with Crippen LogP contribution in [0.15, 0.2) is 52.6 Å². The van der Waals surface area contributed by atoms with Crippen LogP contribution in [-0.4, -0.2) is 20.9 Å². The van der Waals surface area contributed by atoms with E-state index in [0.717, 1.165) is 17.5 Å². The van der Waals surface area contributed by atoms with E-state index in [1.54, 1.807) is 0 Å². The standard InChI is InChI=1S/C12H11N3OS/c16-11-9-13-15-12(14-11)17-8-4-7-10-5-2-1-3-6-10/h1-7,9H,8H2,(H,14,15,16)/b7-4+. The van der Waals surface area contributed by atoms with E-state index in [1.807, 2.05) is 42.5 Å². The lowest BCUT2D eigenvalue weighted by Gasteiger charge is -1.94. The molecule has 0 bridgehead atoms. The molecule has 1 heterocycles. The van der Waals surface area contributed by atoms with Gasteiger partial charge in [0.25, 0.3) is 5.56 Å². The van der Waals surface area contributed by atoms with Gasteiger partial charge in [0, 0.05) is 5.75 Å². The van der Waals surface area contributed by atoms with E-state index in [0.29, 0.717) is 5.16 Å². The number of thioether (sulfide) groups is 1. The van der Waals surface area contributed by atoms with Gasteiger partial charge in [0.2, 0.25) is 0 Å². The van der Waals surface area contributed by atoms with Crippen LogP contribution in [0.5, 0.6) is 0 Å². The van der Waals surface area contributed by atoms with Crippen LogP contribution in [-0.2, 0) is 0 Å². The molecule has 1 aromatic heterocycles. The van der Waals surface area contributed by atoms with Crippen molar-refractivity contribution in [1.29, 1.82) is 0 Å². The summed E-state index contributed by atoms with van der Waals surface area (Å²) in [6.07, 6.45) is 5.21. The molecule has 0 aliphatic heterocycles. The molecule has 2 rings (SSSR count). The van der Waals surface area contributed by atoms with Gasteiger partial charge in [-0.1, -0.05) is 54.2 Å². The lowest BCUT2D eigenvalue weighted by atomic mass is 10.2. The summed E-state index contributed by atoms with van der Waals surface area (Å²) in [6.45, 7) is 0. The molecule has 0 saturated heterocycles. The number of aromatic nitrogens is 3. The van der Waals surface area contributed by atoms with Gasteiger partial charge in [-0.15, -0.1) is 5.10 Å². The smallest absolute Gasteiger partial charge is 0.270 e. The molecule has 1 N–H and O–H groups in total. The molecule has 5 heteroatoms. The highest BCUT2D eigenvalue weighted by Gasteiger charge is 1.94. The zero-order valence-corrected chi connectivity index (χ0v) is 9.85. The average molecular weight is 245 g/mol. The topological polar surface area (TPSA) is 58.6 Å². The summed E-state index contributed by atoms with van der Waals surface area (Å²) in [4.78, 5) is 13.6. The Bertz CT molecular complexity index is 551. The van der Waals surface area contributed by atoms with Gasteiger partial charge in [0.1, 0.15) is 6.20 Å². The van der Waals surface area contributed by atoms with E-state index in [-0.39, 0.29) is 5.56 Å². The van der Waals surface area contributed by atoms with Crippen molar-refractivity contribution in [3.8, 4) is 0 Å². The molecule has 0 spiro atoms. The normalized spacial score (nSPS) is 10.8. The minimum Gasteiger partial charge on any atom is -0.299 e. The summed E-state index contributed by atoms with van der Waals surface area (Å²) >= 11 is 1.44. The molecule has 0 saturated carbocycles. The molecule has 0 amide bonds. The van der Waals surface area contributed by atoms with E-state index >= 15 is 0 Å². The lowest BCUT2D eigenvalue weighted by molar-refractivity contribution is 0.818. The monoisotopic (exact) mass is 245 g/mol. The minimum absolute atomic E-state index is 0.227. The van der Waals surface area contributed by atoms with E-state index in [1.165, 1.54) is 11.8 Å². The number of rotatable bonds is 4. The SMILES string of the molecule is O=c1cnnc(SC/C=C/c2ccccc2)[nH]1. The van der Waals surface area contributed by atoms with E-state index < -0.39 is 0 Å². The lowest BCUT2D eigenvalue weighted by Crippen LogP contribution is -2.07. The fourth-order valence-electron chi connectivity index (χ4n) is 1.24. The summed E-state index contributed by atoms with van der Waals surface area (Å²) in [7, 11) is 0. The summed E-state index contributed by atoms with van der Waals surface area (Å²) < 4.78 is 0. The zero-order valence-electron chi connectivity index (χ0n) is 9.04. The summed E-state index contributed by atoms with van der Waals surface area (Å²) in [5, 5.41) is 7.93. The largest absolute Gasteiger partial charge is 0.299 e. The maximum Gasteiger partial charge on any atom is 0.270 e. The third kappa shape index (κ3) is 3.88. The average Bonchev–Trinajstić information content (AvgIpc) is 2.36. The van der Waals surface area contributed by atoms with Crippen LogP contribution in [0.4, 0.5) is 0 Å². The molecule has 0 atom stereocenters. The summed E-state index contributed by atoms with van der Waals surface area (Å²) in [6, 6.07) is 10.0. The molecule has 0 fully saturated rings. The third-order valence-corrected chi connectivity index (χ3v) is 2.80. The Balaban J connectivity index is 1.88. The second-order valence-electron chi connectivity index (χ2n) is 3.26. The number of H-pyrrole nitrogens is 1. The van der Waals surface area contributed by atoms with Gasteiger partial charge in [0.15, 0.2) is 5.16 Å². The molecule has 0 radical (unpaired) electrons. The molecular formula is C12H11N3OS. The number of nitrogens with zero attached hydrogens (tertiary/aromatic N) is 2. The summed E-state index contributed by atoms with van der Waals surface area (Å²) in [5.41, 5.74) is 0.926.